The summed E-state index contributed by atoms with van der Waals surface area (Å²) in [6, 6.07) is -0.196. The Morgan fingerprint density at radius 3 is 2.80 bits per heavy atom. The fourth-order valence-electron chi connectivity index (χ4n) is 3.29. The zero-order chi connectivity index (χ0) is 18.4. The number of carboxylic acid groups (broad SMARTS) is 1. The molecule has 3 heterocycles. The SMILES string of the molecule is C[C@H]1Cn2ncc(N3CC(CNS(C)(=O)=O)CC3=O)c2CN1C(=O)O. The molecule has 10 nitrogen and oxygen atoms in total. The van der Waals surface area contributed by atoms with Gasteiger partial charge in [-0.15, -0.1) is 0 Å². The first kappa shape index (κ1) is 17.7. The van der Waals surface area contributed by atoms with Crippen LogP contribution in [0.15, 0.2) is 6.20 Å². The van der Waals surface area contributed by atoms with Crippen molar-refractivity contribution in [3.63, 3.8) is 0 Å². The predicted molar refractivity (Wildman–Crippen MR) is 88.6 cm³/mol. The van der Waals surface area contributed by atoms with Gasteiger partial charge in [-0.3, -0.25) is 14.4 Å². The van der Waals surface area contributed by atoms with E-state index in [0.717, 1.165) is 6.26 Å². The quantitative estimate of drug-likeness (QED) is 0.746. The van der Waals surface area contributed by atoms with E-state index in [1.807, 2.05) is 6.92 Å². The van der Waals surface area contributed by atoms with Crippen molar-refractivity contribution in [2.45, 2.75) is 32.5 Å². The number of aromatic nitrogens is 2. The number of carbonyl (C=O) groups excluding carboxylic acids is 1. The van der Waals surface area contributed by atoms with Crippen LogP contribution in [0.2, 0.25) is 0 Å². The molecule has 0 aromatic carbocycles. The van der Waals surface area contributed by atoms with Crippen LogP contribution in [0.5, 0.6) is 0 Å². The fourth-order valence-corrected chi connectivity index (χ4v) is 3.83. The molecule has 138 valence electrons. The number of sulfonamides is 1. The van der Waals surface area contributed by atoms with Gasteiger partial charge >= 0.3 is 6.09 Å². The van der Waals surface area contributed by atoms with Gasteiger partial charge in [0.1, 0.15) is 0 Å². The lowest BCUT2D eigenvalue weighted by Crippen LogP contribution is -2.44. The molecule has 1 aromatic rings. The number of anilines is 1. The summed E-state index contributed by atoms with van der Waals surface area (Å²) in [6.07, 6.45) is 1.90. The molecule has 0 spiro atoms. The number of carbonyl (C=O) groups is 2. The minimum Gasteiger partial charge on any atom is -0.465 e. The smallest absolute Gasteiger partial charge is 0.407 e. The molecular weight excluding hydrogens is 350 g/mol. The second-order valence-corrected chi connectivity index (χ2v) is 8.45. The molecule has 0 radical (unpaired) electrons. The molecule has 2 aliphatic rings. The van der Waals surface area contributed by atoms with Crippen molar-refractivity contribution in [1.29, 1.82) is 0 Å². The normalized spacial score (nSPS) is 23.8. The molecular formula is C14H21N5O5S. The highest BCUT2D eigenvalue weighted by atomic mass is 32.2. The molecule has 2 atom stereocenters. The molecule has 1 saturated heterocycles. The number of nitrogens with zero attached hydrogens (tertiary/aromatic N) is 4. The van der Waals surface area contributed by atoms with Gasteiger partial charge in [0, 0.05) is 19.5 Å². The van der Waals surface area contributed by atoms with Gasteiger partial charge in [-0.1, -0.05) is 0 Å². The number of amides is 2. The van der Waals surface area contributed by atoms with Crippen LogP contribution in [0.1, 0.15) is 19.0 Å². The summed E-state index contributed by atoms with van der Waals surface area (Å²) in [7, 11) is -3.31. The van der Waals surface area contributed by atoms with Crippen LogP contribution < -0.4 is 9.62 Å². The zero-order valence-corrected chi connectivity index (χ0v) is 14.9. The van der Waals surface area contributed by atoms with Crippen molar-refractivity contribution in [2.24, 2.45) is 5.92 Å². The van der Waals surface area contributed by atoms with E-state index in [2.05, 4.69) is 9.82 Å². The molecule has 1 unspecified atom stereocenters. The maximum atomic E-state index is 12.4. The maximum Gasteiger partial charge on any atom is 0.407 e. The lowest BCUT2D eigenvalue weighted by atomic mass is 10.1. The lowest BCUT2D eigenvalue weighted by molar-refractivity contribution is -0.117. The van der Waals surface area contributed by atoms with Crippen LogP contribution in [-0.2, 0) is 27.9 Å². The van der Waals surface area contributed by atoms with Crippen LogP contribution in [0.3, 0.4) is 0 Å². The maximum absolute atomic E-state index is 12.4. The fraction of sp³-hybridized carbons (Fsp3) is 0.643. The second kappa shape index (κ2) is 6.30. The third-order valence-corrected chi connectivity index (χ3v) is 5.28. The Kier molecular flexibility index (Phi) is 4.45. The van der Waals surface area contributed by atoms with Crippen molar-refractivity contribution in [2.75, 3.05) is 24.2 Å². The Balaban J connectivity index is 1.78. The monoisotopic (exact) mass is 371 g/mol. The van der Waals surface area contributed by atoms with Gasteiger partial charge in [0.05, 0.1) is 43.0 Å². The molecule has 0 aliphatic carbocycles. The molecule has 0 saturated carbocycles. The lowest BCUT2D eigenvalue weighted by Gasteiger charge is -2.32. The summed E-state index contributed by atoms with van der Waals surface area (Å²) in [5.74, 6) is -0.243. The molecule has 3 rings (SSSR count). The summed E-state index contributed by atoms with van der Waals surface area (Å²) in [5.41, 5.74) is 1.29. The number of hydrogen-bond acceptors (Lipinski definition) is 5. The zero-order valence-electron chi connectivity index (χ0n) is 14.0. The van der Waals surface area contributed by atoms with Gasteiger partial charge in [0.25, 0.3) is 0 Å². The van der Waals surface area contributed by atoms with Crippen molar-refractivity contribution in [3.8, 4) is 0 Å². The van der Waals surface area contributed by atoms with Crippen LogP contribution in [0, 0.1) is 5.92 Å². The number of hydrogen-bond donors (Lipinski definition) is 2. The third kappa shape index (κ3) is 3.61. The van der Waals surface area contributed by atoms with Crippen LogP contribution >= 0.6 is 0 Å². The van der Waals surface area contributed by atoms with Crippen molar-refractivity contribution < 1.29 is 23.1 Å². The topological polar surface area (TPSA) is 125 Å². The first-order valence-corrected chi connectivity index (χ1v) is 9.84. The predicted octanol–water partition coefficient (Wildman–Crippen LogP) is -0.333. The van der Waals surface area contributed by atoms with E-state index < -0.39 is 16.1 Å². The van der Waals surface area contributed by atoms with Gasteiger partial charge in [0.2, 0.25) is 15.9 Å². The largest absolute Gasteiger partial charge is 0.465 e. The van der Waals surface area contributed by atoms with Gasteiger partial charge in [-0.2, -0.15) is 5.10 Å². The summed E-state index contributed by atoms with van der Waals surface area (Å²) < 4.78 is 26.6. The molecule has 2 N–H and O–H groups in total. The Hall–Kier alpha value is -2.14. The Bertz CT molecular complexity index is 805. The van der Waals surface area contributed by atoms with Gasteiger partial charge in [0.15, 0.2) is 0 Å². The molecule has 11 heteroatoms. The molecule has 0 bridgehead atoms. The molecule has 2 amide bonds. The highest BCUT2D eigenvalue weighted by Crippen LogP contribution is 2.31. The van der Waals surface area contributed by atoms with E-state index in [-0.39, 0.29) is 37.4 Å². The Labute approximate surface area is 145 Å². The summed E-state index contributed by atoms with van der Waals surface area (Å²) in [4.78, 5) is 26.6. The Morgan fingerprint density at radius 2 is 2.16 bits per heavy atom. The average molecular weight is 371 g/mol. The number of fused-ring (bicyclic) bond motifs is 1. The van der Waals surface area contributed by atoms with E-state index in [4.69, 9.17) is 0 Å². The second-order valence-electron chi connectivity index (χ2n) is 6.61. The van der Waals surface area contributed by atoms with E-state index in [1.165, 1.54) is 4.90 Å². The van der Waals surface area contributed by atoms with Crippen molar-refractivity contribution in [1.82, 2.24) is 19.4 Å². The average Bonchev–Trinajstić information content (AvgIpc) is 3.06. The summed E-state index contributed by atoms with van der Waals surface area (Å²) >= 11 is 0. The molecule has 2 aliphatic heterocycles. The summed E-state index contributed by atoms with van der Waals surface area (Å²) in [6.45, 7) is 2.99. The van der Waals surface area contributed by atoms with Crippen LogP contribution in [-0.4, -0.2) is 65.6 Å². The number of nitrogens with one attached hydrogen (secondary N) is 1. The minimum absolute atomic E-state index is 0.114. The van der Waals surface area contributed by atoms with E-state index in [1.54, 1.807) is 15.8 Å². The highest BCUT2D eigenvalue weighted by molar-refractivity contribution is 7.88. The van der Waals surface area contributed by atoms with Crippen molar-refractivity contribution in [3.05, 3.63) is 11.9 Å². The van der Waals surface area contributed by atoms with E-state index >= 15 is 0 Å². The van der Waals surface area contributed by atoms with E-state index in [0.29, 0.717) is 24.5 Å². The van der Waals surface area contributed by atoms with Gasteiger partial charge in [-0.05, 0) is 12.8 Å². The molecule has 1 fully saturated rings. The Morgan fingerprint density at radius 1 is 1.44 bits per heavy atom. The third-order valence-electron chi connectivity index (χ3n) is 4.59. The molecule has 1 aromatic heterocycles. The van der Waals surface area contributed by atoms with Gasteiger partial charge in [-0.25, -0.2) is 17.9 Å². The molecule has 25 heavy (non-hydrogen) atoms. The van der Waals surface area contributed by atoms with E-state index in [9.17, 15) is 23.1 Å². The summed E-state index contributed by atoms with van der Waals surface area (Å²) in [5, 5.41) is 13.6. The first-order chi connectivity index (χ1) is 11.7. The van der Waals surface area contributed by atoms with Crippen LogP contribution in [0.4, 0.5) is 10.5 Å². The van der Waals surface area contributed by atoms with Crippen molar-refractivity contribution >= 4 is 27.7 Å². The van der Waals surface area contributed by atoms with Gasteiger partial charge < -0.3 is 10.0 Å². The minimum atomic E-state index is -3.31. The standard InChI is InChI=1S/C14H21N5O5S/c1-9-6-19-12(8-17(9)14(21)22)11(5-15-19)18-7-10(3-13(18)20)4-16-25(2,23)24/h5,9-10,16H,3-4,6-8H2,1-2H3,(H,21,22)/t9-,10?/m0/s1. The van der Waals surface area contributed by atoms with Crippen LogP contribution in [0.25, 0.3) is 0 Å². The highest BCUT2D eigenvalue weighted by Gasteiger charge is 2.36. The number of rotatable bonds is 4. The first-order valence-electron chi connectivity index (χ1n) is 7.95.